The number of aromatic hydroxyl groups is 1. The van der Waals surface area contributed by atoms with E-state index in [1.54, 1.807) is 24.3 Å². The first-order valence-corrected chi connectivity index (χ1v) is 8.72. The van der Waals surface area contributed by atoms with Crippen LogP contribution in [0.25, 0.3) is 22.6 Å². The van der Waals surface area contributed by atoms with Gasteiger partial charge >= 0.3 is 0 Å². The second-order valence-corrected chi connectivity index (χ2v) is 6.64. The van der Waals surface area contributed by atoms with E-state index in [2.05, 4.69) is 10.3 Å². The van der Waals surface area contributed by atoms with E-state index in [1.165, 1.54) is 18.2 Å². The molecule has 0 aliphatic heterocycles. The monoisotopic (exact) mass is 398 g/mol. The lowest BCUT2D eigenvalue weighted by molar-refractivity contribution is 0.102. The van der Waals surface area contributed by atoms with E-state index in [0.29, 0.717) is 33.3 Å². The third kappa shape index (κ3) is 3.47. The molecule has 1 heterocycles. The number of phenols is 1. The van der Waals surface area contributed by atoms with Crippen molar-refractivity contribution in [1.29, 1.82) is 0 Å². The number of anilines is 1. The fourth-order valence-corrected chi connectivity index (χ4v) is 3.14. The summed E-state index contributed by atoms with van der Waals surface area (Å²) < 4.78 is 5.66. The maximum Gasteiger partial charge on any atom is 0.257 e. The van der Waals surface area contributed by atoms with Gasteiger partial charge in [0.25, 0.3) is 5.91 Å². The molecule has 0 unspecified atom stereocenters. The Kier molecular flexibility index (Phi) is 4.48. The van der Waals surface area contributed by atoms with Crippen LogP contribution in [0.1, 0.15) is 10.4 Å². The van der Waals surface area contributed by atoms with Crippen LogP contribution in [-0.4, -0.2) is 16.0 Å². The van der Waals surface area contributed by atoms with E-state index in [0.717, 1.165) is 0 Å². The SMILES string of the molecule is O=C(Nc1ccc(-c2nc3ccccc3o2)c(O)c1)c1ccc(Cl)cc1Cl. The molecule has 0 bridgehead atoms. The summed E-state index contributed by atoms with van der Waals surface area (Å²) in [5, 5.41) is 13.7. The van der Waals surface area contributed by atoms with Gasteiger partial charge < -0.3 is 14.8 Å². The van der Waals surface area contributed by atoms with E-state index in [9.17, 15) is 9.90 Å². The summed E-state index contributed by atoms with van der Waals surface area (Å²) in [5.41, 5.74) is 2.43. The lowest BCUT2D eigenvalue weighted by Crippen LogP contribution is -2.12. The molecular weight excluding hydrogens is 387 g/mol. The third-order valence-electron chi connectivity index (χ3n) is 3.96. The van der Waals surface area contributed by atoms with Gasteiger partial charge in [-0.15, -0.1) is 0 Å². The predicted octanol–water partition coefficient (Wildman–Crippen LogP) is 5.76. The summed E-state index contributed by atoms with van der Waals surface area (Å²) in [6, 6.07) is 16.6. The summed E-state index contributed by atoms with van der Waals surface area (Å²) in [4.78, 5) is 16.7. The van der Waals surface area contributed by atoms with Gasteiger partial charge in [-0.05, 0) is 42.5 Å². The Balaban J connectivity index is 1.60. The fraction of sp³-hybridized carbons (Fsp3) is 0. The minimum absolute atomic E-state index is 0.0680. The van der Waals surface area contributed by atoms with Crippen LogP contribution in [0.3, 0.4) is 0 Å². The van der Waals surface area contributed by atoms with Gasteiger partial charge in [0.1, 0.15) is 11.3 Å². The molecular formula is C20H12Cl2N2O3. The highest BCUT2D eigenvalue weighted by Gasteiger charge is 2.15. The van der Waals surface area contributed by atoms with Gasteiger partial charge in [0.05, 0.1) is 16.1 Å². The second-order valence-electron chi connectivity index (χ2n) is 5.80. The number of hydrogen-bond donors (Lipinski definition) is 2. The van der Waals surface area contributed by atoms with E-state index < -0.39 is 5.91 Å². The van der Waals surface area contributed by atoms with E-state index in [1.807, 2.05) is 18.2 Å². The number of nitrogens with zero attached hydrogens (tertiary/aromatic N) is 1. The lowest BCUT2D eigenvalue weighted by Gasteiger charge is -2.08. The van der Waals surface area contributed by atoms with Crippen molar-refractivity contribution >= 4 is 45.9 Å². The van der Waals surface area contributed by atoms with Crippen molar-refractivity contribution in [2.24, 2.45) is 0 Å². The average Bonchev–Trinajstić information content (AvgIpc) is 3.05. The Morgan fingerprint density at radius 1 is 1.04 bits per heavy atom. The molecule has 4 rings (SSSR count). The van der Waals surface area contributed by atoms with Crippen LogP contribution in [0.4, 0.5) is 5.69 Å². The number of benzene rings is 3. The Morgan fingerprint density at radius 3 is 2.59 bits per heavy atom. The number of hydrogen-bond acceptors (Lipinski definition) is 4. The molecule has 7 heteroatoms. The summed E-state index contributed by atoms with van der Waals surface area (Å²) in [6.07, 6.45) is 0. The molecule has 0 saturated carbocycles. The maximum atomic E-state index is 12.4. The Labute approximate surface area is 164 Å². The molecule has 0 atom stereocenters. The standard InChI is InChI=1S/C20H12Cl2N2O3/c21-11-5-7-13(15(22)9-11)19(26)23-12-6-8-14(17(25)10-12)20-24-16-3-1-2-4-18(16)27-20/h1-10,25H,(H,23,26). The molecule has 0 aliphatic carbocycles. The highest BCUT2D eigenvalue weighted by Crippen LogP contribution is 2.33. The normalized spacial score (nSPS) is 10.9. The molecule has 3 aromatic carbocycles. The number of oxazole rings is 1. The average molecular weight is 399 g/mol. The third-order valence-corrected chi connectivity index (χ3v) is 4.50. The number of carbonyl (C=O) groups is 1. The molecule has 0 radical (unpaired) electrons. The van der Waals surface area contributed by atoms with Crippen LogP contribution in [0.5, 0.6) is 5.75 Å². The van der Waals surface area contributed by atoms with Crippen LogP contribution in [-0.2, 0) is 0 Å². The zero-order chi connectivity index (χ0) is 19.0. The lowest BCUT2D eigenvalue weighted by atomic mass is 10.1. The van der Waals surface area contributed by atoms with Crippen molar-refractivity contribution in [1.82, 2.24) is 4.98 Å². The van der Waals surface area contributed by atoms with Gasteiger partial charge in [-0.3, -0.25) is 4.79 Å². The van der Waals surface area contributed by atoms with Crippen molar-refractivity contribution in [3.05, 3.63) is 76.3 Å². The van der Waals surface area contributed by atoms with E-state index in [-0.39, 0.29) is 16.3 Å². The fourth-order valence-electron chi connectivity index (χ4n) is 2.65. The summed E-state index contributed by atoms with van der Waals surface area (Å²) in [7, 11) is 0. The number of aromatic nitrogens is 1. The molecule has 0 aliphatic rings. The number of fused-ring (bicyclic) bond motifs is 1. The smallest absolute Gasteiger partial charge is 0.257 e. The molecule has 1 aromatic heterocycles. The molecule has 4 aromatic rings. The first-order chi connectivity index (χ1) is 13.0. The number of phenolic OH excluding ortho intramolecular Hbond substituents is 1. The first kappa shape index (κ1) is 17.4. The van der Waals surface area contributed by atoms with Crippen molar-refractivity contribution in [3.63, 3.8) is 0 Å². The number of amides is 1. The number of carbonyl (C=O) groups excluding carboxylic acids is 1. The number of halogens is 2. The minimum atomic E-state index is -0.411. The van der Waals surface area contributed by atoms with Crippen molar-refractivity contribution in [3.8, 4) is 17.2 Å². The largest absolute Gasteiger partial charge is 0.507 e. The number of para-hydroxylation sites is 2. The zero-order valence-electron chi connectivity index (χ0n) is 13.7. The van der Waals surface area contributed by atoms with Gasteiger partial charge in [-0.2, -0.15) is 0 Å². The first-order valence-electron chi connectivity index (χ1n) is 7.96. The van der Waals surface area contributed by atoms with Gasteiger partial charge in [0, 0.05) is 16.8 Å². The molecule has 27 heavy (non-hydrogen) atoms. The van der Waals surface area contributed by atoms with Crippen LogP contribution < -0.4 is 5.32 Å². The molecule has 0 spiro atoms. The molecule has 1 amide bonds. The molecule has 2 N–H and O–H groups in total. The molecule has 5 nitrogen and oxygen atoms in total. The van der Waals surface area contributed by atoms with Gasteiger partial charge in [-0.25, -0.2) is 4.98 Å². The Hall–Kier alpha value is -3.02. The summed E-state index contributed by atoms with van der Waals surface area (Å²) in [6.45, 7) is 0. The van der Waals surface area contributed by atoms with Crippen LogP contribution in [0.2, 0.25) is 10.0 Å². The molecule has 0 fully saturated rings. The van der Waals surface area contributed by atoms with Crippen LogP contribution in [0, 0.1) is 0 Å². The summed E-state index contributed by atoms with van der Waals surface area (Å²) >= 11 is 11.9. The van der Waals surface area contributed by atoms with E-state index >= 15 is 0 Å². The van der Waals surface area contributed by atoms with Crippen LogP contribution >= 0.6 is 23.2 Å². The van der Waals surface area contributed by atoms with Gasteiger partial charge in [0.2, 0.25) is 5.89 Å². The van der Waals surface area contributed by atoms with E-state index in [4.69, 9.17) is 27.6 Å². The summed E-state index contributed by atoms with van der Waals surface area (Å²) in [5.74, 6) is -0.181. The molecule has 134 valence electrons. The van der Waals surface area contributed by atoms with Gasteiger partial charge in [0.15, 0.2) is 5.58 Å². The Morgan fingerprint density at radius 2 is 1.85 bits per heavy atom. The van der Waals surface area contributed by atoms with Crippen molar-refractivity contribution in [2.75, 3.05) is 5.32 Å². The second kappa shape index (κ2) is 6.95. The Bertz CT molecular complexity index is 1140. The highest BCUT2D eigenvalue weighted by molar-refractivity contribution is 6.37. The minimum Gasteiger partial charge on any atom is -0.507 e. The number of nitrogens with one attached hydrogen (secondary N) is 1. The van der Waals surface area contributed by atoms with Crippen LogP contribution in [0.15, 0.2) is 65.1 Å². The quantitative estimate of drug-likeness (QED) is 0.459. The molecule has 0 saturated heterocycles. The zero-order valence-corrected chi connectivity index (χ0v) is 15.3. The van der Waals surface area contributed by atoms with Crippen molar-refractivity contribution < 1.29 is 14.3 Å². The highest BCUT2D eigenvalue weighted by atomic mass is 35.5. The predicted molar refractivity (Wildman–Crippen MR) is 106 cm³/mol. The number of rotatable bonds is 3. The maximum absolute atomic E-state index is 12.4. The topological polar surface area (TPSA) is 75.4 Å². The van der Waals surface area contributed by atoms with Gasteiger partial charge in [-0.1, -0.05) is 35.3 Å². The van der Waals surface area contributed by atoms with Crippen molar-refractivity contribution in [2.45, 2.75) is 0 Å².